The van der Waals surface area contributed by atoms with Gasteiger partial charge in [-0.05, 0) is 122 Å². The van der Waals surface area contributed by atoms with Gasteiger partial charge in [0.05, 0.1) is 23.9 Å². The molecule has 4 bridgehead atoms. The highest BCUT2D eigenvalue weighted by atomic mass is 16.3. The molecule has 4 aliphatic rings. The van der Waals surface area contributed by atoms with Crippen molar-refractivity contribution >= 4 is 24.0 Å². The molecule has 0 radical (unpaired) electrons. The molecule has 0 aliphatic carbocycles. The van der Waals surface area contributed by atoms with Crippen LogP contribution in [0.3, 0.4) is 0 Å². The smallest absolute Gasteiger partial charge is 0.258 e. The number of carbonyl (C=O) groups is 2. The molecule has 0 aromatic carbocycles. The number of allylic oxidation sites excluding steroid dienone is 2. The Morgan fingerprint density at radius 2 is 0.889 bits per heavy atom. The van der Waals surface area contributed by atoms with Crippen molar-refractivity contribution in [3.8, 4) is 0 Å². The molecule has 4 N–H and O–H groups in total. The van der Waals surface area contributed by atoms with Crippen LogP contribution in [0, 0.1) is 23.7 Å². The average molecular weight is 971 g/mol. The van der Waals surface area contributed by atoms with E-state index in [4.69, 9.17) is 0 Å². The topological polar surface area (TPSA) is 201 Å². The minimum Gasteiger partial charge on any atom is -0.396 e. The van der Waals surface area contributed by atoms with Crippen LogP contribution < -0.4 is 21.8 Å². The Morgan fingerprint density at radius 1 is 0.542 bits per heavy atom. The standard InChI is InChI=1S/2C28H31N5O3/c2*1-2-3-21-4-5-23-26-25(27(35)31-15-10-19-6-11-29-12-7-19)22(18-34)24(17-33(23)28(21)36)32(26)16-20-8-13-30-14-9-20/h2*2-9,11-14,22,24-26,34H,10,15-18H2,1H3,(H,31,35)/b3-2+;3-2-/t2*22-,24-,25+,26+/m11/s1. The molecular weight excluding hydrogens is 909 g/mol. The summed E-state index contributed by atoms with van der Waals surface area (Å²) < 4.78 is 3.61. The molecule has 6 aromatic rings. The van der Waals surface area contributed by atoms with E-state index in [1.807, 2.05) is 111 Å². The Labute approximate surface area is 418 Å². The second-order valence-corrected chi connectivity index (χ2v) is 18.9. The summed E-state index contributed by atoms with van der Waals surface area (Å²) in [4.78, 5) is 74.8. The van der Waals surface area contributed by atoms with Crippen LogP contribution in [-0.4, -0.2) is 99.3 Å². The van der Waals surface area contributed by atoms with Crippen molar-refractivity contribution in [3.63, 3.8) is 0 Å². The van der Waals surface area contributed by atoms with Crippen LogP contribution in [0.5, 0.6) is 0 Å². The number of hydrogen-bond donors (Lipinski definition) is 4. The first-order valence-corrected chi connectivity index (χ1v) is 24.8. The number of amides is 2. The van der Waals surface area contributed by atoms with Crippen LogP contribution >= 0.6 is 0 Å². The van der Waals surface area contributed by atoms with Crippen LogP contribution in [-0.2, 0) is 48.6 Å². The van der Waals surface area contributed by atoms with Gasteiger partial charge in [0.25, 0.3) is 11.1 Å². The third-order valence-electron chi connectivity index (χ3n) is 14.9. The normalized spacial score (nSPS) is 23.1. The van der Waals surface area contributed by atoms with Gasteiger partial charge >= 0.3 is 0 Å². The van der Waals surface area contributed by atoms with E-state index in [1.165, 1.54) is 0 Å². The summed E-state index contributed by atoms with van der Waals surface area (Å²) in [6, 6.07) is 22.3. The Kier molecular flexibility index (Phi) is 15.8. The van der Waals surface area contributed by atoms with Gasteiger partial charge in [-0.3, -0.25) is 48.9 Å². The number of nitrogens with zero attached hydrogens (tertiary/aromatic N) is 8. The van der Waals surface area contributed by atoms with Gasteiger partial charge < -0.3 is 30.0 Å². The zero-order valence-corrected chi connectivity index (χ0v) is 40.7. The molecule has 2 amide bonds. The quantitative estimate of drug-likeness (QED) is 0.107. The van der Waals surface area contributed by atoms with Crippen molar-refractivity contribution in [2.75, 3.05) is 26.3 Å². The summed E-state index contributed by atoms with van der Waals surface area (Å²) in [6.07, 6.45) is 22.7. The zero-order chi connectivity index (χ0) is 50.1. The second kappa shape index (κ2) is 22.9. The molecule has 2 saturated heterocycles. The Hall–Kier alpha value is -7.24. The Bertz CT molecular complexity index is 2790. The number of fused-ring (bicyclic) bond motifs is 8. The van der Waals surface area contributed by atoms with Gasteiger partial charge in [0.15, 0.2) is 0 Å². The lowest BCUT2D eigenvalue weighted by molar-refractivity contribution is -0.128. The summed E-state index contributed by atoms with van der Waals surface area (Å²) in [7, 11) is 0. The monoisotopic (exact) mass is 970 g/mol. The van der Waals surface area contributed by atoms with Crippen molar-refractivity contribution in [3.05, 3.63) is 200 Å². The molecule has 72 heavy (non-hydrogen) atoms. The van der Waals surface area contributed by atoms with E-state index in [0.717, 1.165) is 33.6 Å². The molecule has 8 atom stereocenters. The first kappa shape index (κ1) is 49.7. The van der Waals surface area contributed by atoms with E-state index in [1.54, 1.807) is 58.7 Å². The fraction of sp³-hybridized carbons (Fsp3) is 0.357. The molecular formula is C56H62N10O6. The first-order valence-electron chi connectivity index (χ1n) is 24.8. The lowest BCUT2D eigenvalue weighted by Gasteiger charge is -2.38. The molecule has 0 saturated carbocycles. The van der Waals surface area contributed by atoms with Gasteiger partial charge in [0.2, 0.25) is 11.8 Å². The number of nitrogens with one attached hydrogen (secondary N) is 2. The third kappa shape index (κ3) is 10.3. The van der Waals surface area contributed by atoms with Gasteiger partial charge in [-0.1, -0.05) is 24.3 Å². The molecule has 16 heteroatoms. The number of hydrogen-bond acceptors (Lipinski definition) is 12. The van der Waals surface area contributed by atoms with Crippen molar-refractivity contribution in [2.45, 2.75) is 77.0 Å². The number of pyridine rings is 6. The predicted octanol–water partition coefficient (Wildman–Crippen LogP) is 4.39. The summed E-state index contributed by atoms with van der Waals surface area (Å²) in [5, 5.41) is 27.2. The van der Waals surface area contributed by atoms with E-state index >= 15 is 0 Å². The average Bonchev–Trinajstić information content (AvgIpc) is 3.74. The molecule has 16 nitrogen and oxygen atoms in total. The largest absolute Gasteiger partial charge is 0.396 e. The number of aliphatic hydroxyl groups excluding tert-OH is 2. The Balaban J connectivity index is 0.000000178. The number of aliphatic hydroxyl groups is 2. The lowest BCUT2D eigenvalue weighted by Crippen LogP contribution is -2.46. The summed E-state index contributed by atoms with van der Waals surface area (Å²) in [5.74, 6) is -1.70. The minimum atomic E-state index is -0.472. The van der Waals surface area contributed by atoms with E-state index < -0.39 is 11.8 Å². The maximum Gasteiger partial charge on any atom is 0.258 e. The maximum atomic E-state index is 13.6. The van der Waals surface area contributed by atoms with Crippen LogP contribution in [0.25, 0.3) is 12.2 Å². The summed E-state index contributed by atoms with van der Waals surface area (Å²) in [6.45, 7) is 6.61. The van der Waals surface area contributed by atoms with E-state index in [0.29, 0.717) is 63.2 Å². The highest BCUT2D eigenvalue weighted by Crippen LogP contribution is 2.50. The van der Waals surface area contributed by atoms with E-state index in [2.05, 4.69) is 40.4 Å². The van der Waals surface area contributed by atoms with Gasteiger partial charge in [-0.2, -0.15) is 0 Å². The van der Waals surface area contributed by atoms with Crippen LogP contribution in [0.2, 0.25) is 0 Å². The second-order valence-electron chi connectivity index (χ2n) is 18.9. The SMILES string of the molecule is C/C=C/c1ccc2n(c1=O)C[C@@H]1[C@@H](CO)[C@H](C(=O)NCCc3ccncc3)[C@H]2N1Cc1ccncc1.C/C=C\c1ccc2n(c1=O)C[C@@H]1[C@@H](CO)[C@H](C(=O)NCCc3ccncc3)[C@H]2N1Cc1ccncc1. The van der Waals surface area contributed by atoms with Gasteiger partial charge in [-0.15, -0.1) is 0 Å². The van der Waals surface area contributed by atoms with Gasteiger partial charge in [0.1, 0.15) is 0 Å². The molecule has 0 unspecified atom stereocenters. The predicted molar refractivity (Wildman–Crippen MR) is 273 cm³/mol. The molecule has 10 heterocycles. The van der Waals surface area contributed by atoms with Crippen LogP contribution in [0.15, 0.2) is 144 Å². The summed E-state index contributed by atoms with van der Waals surface area (Å²) in [5.41, 5.74) is 7.15. The fourth-order valence-corrected chi connectivity index (χ4v) is 11.5. The highest BCUT2D eigenvalue weighted by Gasteiger charge is 2.57. The van der Waals surface area contributed by atoms with Crippen molar-refractivity contribution < 1.29 is 19.8 Å². The first-order chi connectivity index (χ1) is 35.2. The molecule has 372 valence electrons. The van der Waals surface area contributed by atoms with Crippen molar-refractivity contribution in [1.29, 1.82) is 0 Å². The van der Waals surface area contributed by atoms with Gasteiger partial charge in [0, 0.05) is 148 Å². The van der Waals surface area contributed by atoms with Crippen LogP contribution in [0.1, 0.15) is 70.7 Å². The van der Waals surface area contributed by atoms with Crippen molar-refractivity contribution in [1.82, 2.24) is 49.5 Å². The number of carbonyl (C=O) groups excluding carboxylic acids is 2. The molecule has 0 spiro atoms. The minimum absolute atomic E-state index is 0.0559. The van der Waals surface area contributed by atoms with Crippen LogP contribution in [0.4, 0.5) is 0 Å². The number of rotatable bonds is 16. The molecule has 10 rings (SSSR count). The maximum absolute atomic E-state index is 13.6. The Morgan fingerprint density at radius 3 is 1.22 bits per heavy atom. The summed E-state index contributed by atoms with van der Waals surface area (Å²) >= 11 is 0. The molecule has 6 aromatic heterocycles. The number of aromatic nitrogens is 6. The highest BCUT2D eigenvalue weighted by molar-refractivity contribution is 5.81. The van der Waals surface area contributed by atoms with E-state index in [9.17, 15) is 29.4 Å². The zero-order valence-electron chi connectivity index (χ0n) is 40.7. The molecule has 2 fully saturated rings. The fourth-order valence-electron chi connectivity index (χ4n) is 11.5. The third-order valence-corrected chi connectivity index (χ3v) is 14.9. The van der Waals surface area contributed by atoms with E-state index in [-0.39, 0.29) is 72.1 Å². The lowest BCUT2D eigenvalue weighted by atomic mass is 9.86. The van der Waals surface area contributed by atoms with Gasteiger partial charge in [-0.25, -0.2) is 0 Å². The van der Waals surface area contributed by atoms with Crippen molar-refractivity contribution in [2.24, 2.45) is 23.7 Å². The molecule has 4 aliphatic heterocycles.